The monoisotopic (exact) mass is 115 g/mol. The fraction of sp³-hybridized carbons (Fsp3) is 0.600. The summed E-state index contributed by atoms with van der Waals surface area (Å²) >= 11 is 0. The van der Waals surface area contributed by atoms with Gasteiger partial charge in [-0.3, -0.25) is 0 Å². The van der Waals surface area contributed by atoms with Crippen molar-refractivity contribution in [1.29, 1.82) is 0 Å². The molecule has 0 aliphatic carbocycles. The summed E-state index contributed by atoms with van der Waals surface area (Å²) in [6.07, 6.45) is -0.537. The molecule has 0 aromatic carbocycles. The van der Waals surface area contributed by atoms with E-state index in [-0.39, 0.29) is 0 Å². The Labute approximate surface area is 48.4 Å². The Kier molecular flexibility index (Phi) is 2.84. The zero-order chi connectivity index (χ0) is 6.57. The molecule has 0 rings (SSSR count). The first-order chi connectivity index (χ1) is 3.66. The van der Waals surface area contributed by atoms with Crippen molar-refractivity contribution in [2.45, 2.75) is 13.8 Å². The van der Waals surface area contributed by atoms with Crippen LogP contribution in [-0.4, -0.2) is 18.9 Å². The molecule has 0 fully saturated rings. The second-order valence-electron chi connectivity index (χ2n) is 1.53. The predicted octanol–water partition coefficient (Wildman–Crippen LogP) is 1.23. The molecule has 0 aromatic rings. The van der Waals surface area contributed by atoms with E-state index in [1.54, 1.807) is 13.8 Å². The summed E-state index contributed by atoms with van der Waals surface area (Å²) in [5.74, 6) is 0. The van der Waals surface area contributed by atoms with E-state index in [2.05, 4.69) is 9.73 Å². The van der Waals surface area contributed by atoms with Crippen molar-refractivity contribution in [2.24, 2.45) is 4.99 Å². The summed E-state index contributed by atoms with van der Waals surface area (Å²) in [5, 5.41) is 0. The van der Waals surface area contributed by atoms with Gasteiger partial charge >= 0.3 is 6.09 Å². The van der Waals surface area contributed by atoms with Gasteiger partial charge in [0.15, 0.2) is 0 Å². The molecular weight excluding hydrogens is 106 g/mol. The van der Waals surface area contributed by atoms with Crippen molar-refractivity contribution in [3.05, 3.63) is 0 Å². The van der Waals surface area contributed by atoms with Crippen LogP contribution in [0.3, 0.4) is 0 Å². The van der Waals surface area contributed by atoms with E-state index in [4.69, 9.17) is 0 Å². The van der Waals surface area contributed by atoms with E-state index < -0.39 is 6.09 Å². The predicted molar refractivity (Wildman–Crippen MR) is 31.2 cm³/mol. The maximum absolute atomic E-state index is 10.2. The third-order valence-electron chi connectivity index (χ3n) is 0.490. The topological polar surface area (TPSA) is 38.7 Å². The standard InChI is InChI=1S/C5H9NO2/c1-4(2)6-5(7)8-3/h1-3H3. The lowest BCUT2D eigenvalue weighted by molar-refractivity contribution is 0.182. The minimum Gasteiger partial charge on any atom is -0.451 e. The van der Waals surface area contributed by atoms with Gasteiger partial charge in [0.2, 0.25) is 0 Å². The Morgan fingerprint density at radius 3 is 2.12 bits per heavy atom. The first kappa shape index (κ1) is 7.14. The van der Waals surface area contributed by atoms with Crippen LogP contribution >= 0.6 is 0 Å². The Morgan fingerprint density at radius 1 is 1.50 bits per heavy atom. The van der Waals surface area contributed by atoms with Gasteiger partial charge in [-0.05, 0) is 13.8 Å². The van der Waals surface area contributed by atoms with Crippen molar-refractivity contribution < 1.29 is 9.53 Å². The van der Waals surface area contributed by atoms with Crippen LogP contribution in [0.15, 0.2) is 4.99 Å². The van der Waals surface area contributed by atoms with E-state index in [0.29, 0.717) is 5.71 Å². The zero-order valence-electron chi connectivity index (χ0n) is 5.26. The van der Waals surface area contributed by atoms with Gasteiger partial charge in [0.1, 0.15) is 0 Å². The van der Waals surface area contributed by atoms with Gasteiger partial charge in [-0.25, -0.2) is 4.79 Å². The summed E-state index contributed by atoms with van der Waals surface area (Å²) in [6.45, 7) is 3.47. The van der Waals surface area contributed by atoms with Crippen molar-refractivity contribution in [3.63, 3.8) is 0 Å². The molecule has 0 unspecified atom stereocenters. The van der Waals surface area contributed by atoms with Gasteiger partial charge in [-0.2, -0.15) is 4.99 Å². The highest BCUT2D eigenvalue weighted by Gasteiger charge is 1.90. The average Bonchev–Trinajstić information content (AvgIpc) is 1.65. The number of rotatable bonds is 0. The van der Waals surface area contributed by atoms with Crippen LogP contribution < -0.4 is 0 Å². The van der Waals surface area contributed by atoms with Crippen LogP contribution in [0.4, 0.5) is 4.79 Å². The summed E-state index contributed by atoms with van der Waals surface area (Å²) < 4.78 is 4.23. The maximum Gasteiger partial charge on any atom is 0.433 e. The molecule has 3 heteroatoms. The molecule has 0 spiro atoms. The van der Waals surface area contributed by atoms with Crippen molar-refractivity contribution in [3.8, 4) is 0 Å². The van der Waals surface area contributed by atoms with Crippen LogP contribution in [0, 0.1) is 0 Å². The third kappa shape index (κ3) is 3.33. The van der Waals surface area contributed by atoms with E-state index in [9.17, 15) is 4.79 Å². The van der Waals surface area contributed by atoms with E-state index in [1.807, 2.05) is 0 Å². The fourth-order valence-electron chi connectivity index (χ4n) is 0.228. The lowest BCUT2D eigenvalue weighted by Gasteiger charge is -1.88. The number of hydrogen-bond acceptors (Lipinski definition) is 2. The molecule has 0 radical (unpaired) electrons. The lowest BCUT2D eigenvalue weighted by atomic mass is 10.5. The van der Waals surface area contributed by atoms with Gasteiger partial charge in [-0.1, -0.05) is 0 Å². The second kappa shape index (κ2) is 3.18. The van der Waals surface area contributed by atoms with Crippen LogP contribution in [0.25, 0.3) is 0 Å². The van der Waals surface area contributed by atoms with E-state index in [0.717, 1.165) is 0 Å². The van der Waals surface area contributed by atoms with Crippen LogP contribution in [0.1, 0.15) is 13.8 Å². The molecule has 46 valence electrons. The van der Waals surface area contributed by atoms with Gasteiger partial charge in [0.25, 0.3) is 0 Å². The van der Waals surface area contributed by atoms with Crippen LogP contribution in [0.5, 0.6) is 0 Å². The molecule has 0 heterocycles. The smallest absolute Gasteiger partial charge is 0.433 e. The number of carbonyl (C=O) groups is 1. The average molecular weight is 115 g/mol. The Hall–Kier alpha value is -0.860. The molecule has 8 heavy (non-hydrogen) atoms. The summed E-state index contributed by atoms with van der Waals surface area (Å²) in [5.41, 5.74) is 0.705. The van der Waals surface area contributed by atoms with Crippen LogP contribution in [-0.2, 0) is 4.74 Å². The van der Waals surface area contributed by atoms with Crippen molar-refractivity contribution in [1.82, 2.24) is 0 Å². The van der Waals surface area contributed by atoms with Gasteiger partial charge < -0.3 is 4.74 Å². The first-order valence-electron chi connectivity index (χ1n) is 2.26. The molecule has 3 nitrogen and oxygen atoms in total. The van der Waals surface area contributed by atoms with E-state index >= 15 is 0 Å². The molecular formula is C5H9NO2. The van der Waals surface area contributed by atoms with E-state index in [1.165, 1.54) is 7.11 Å². The minimum atomic E-state index is -0.537. The largest absolute Gasteiger partial charge is 0.451 e. The number of methoxy groups -OCH3 is 1. The number of ether oxygens (including phenoxy) is 1. The van der Waals surface area contributed by atoms with Crippen molar-refractivity contribution >= 4 is 11.8 Å². The normalized spacial score (nSPS) is 7.88. The molecule has 0 aliphatic rings. The second-order valence-corrected chi connectivity index (χ2v) is 1.53. The van der Waals surface area contributed by atoms with Gasteiger partial charge in [0.05, 0.1) is 7.11 Å². The highest BCUT2D eigenvalue weighted by Crippen LogP contribution is 1.80. The summed E-state index contributed by atoms with van der Waals surface area (Å²) in [7, 11) is 1.30. The SMILES string of the molecule is COC(=O)N=C(C)C. The molecule has 0 N–H and O–H groups in total. The third-order valence-corrected chi connectivity index (χ3v) is 0.490. The first-order valence-corrected chi connectivity index (χ1v) is 2.26. The Balaban J connectivity index is 3.70. The Bertz CT molecular complexity index is 114. The number of amides is 1. The summed E-state index contributed by atoms with van der Waals surface area (Å²) in [6, 6.07) is 0. The number of aliphatic imine (C=N–C) groups is 1. The molecule has 0 aliphatic heterocycles. The highest BCUT2D eigenvalue weighted by atomic mass is 16.5. The lowest BCUT2D eigenvalue weighted by Crippen LogP contribution is -1.95. The molecule has 0 bridgehead atoms. The van der Waals surface area contributed by atoms with Crippen molar-refractivity contribution in [2.75, 3.05) is 7.11 Å². The molecule has 1 amide bonds. The van der Waals surface area contributed by atoms with Gasteiger partial charge in [0, 0.05) is 5.71 Å². The quantitative estimate of drug-likeness (QED) is 0.445. The zero-order valence-corrected chi connectivity index (χ0v) is 5.26. The molecule has 0 saturated heterocycles. The molecule has 0 atom stereocenters. The summed E-state index contributed by atoms with van der Waals surface area (Å²) in [4.78, 5) is 13.7. The number of hydrogen-bond donors (Lipinski definition) is 0. The molecule has 0 aromatic heterocycles. The van der Waals surface area contributed by atoms with Crippen LogP contribution in [0.2, 0.25) is 0 Å². The fourth-order valence-corrected chi connectivity index (χ4v) is 0.228. The minimum absolute atomic E-state index is 0.537. The number of nitrogens with zero attached hydrogens (tertiary/aromatic N) is 1. The maximum atomic E-state index is 10.2. The molecule has 0 saturated carbocycles. The Morgan fingerprint density at radius 2 is 2.00 bits per heavy atom. The highest BCUT2D eigenvalue weighted by molar-refractivity contribution is 5.89. The number of carbonyl (C=O) groups excluding carboxylic acids is 1. The van der Waals surface area contributed by atoms with Gasteiger partial charge in [-0.15, -0.1) is 0 Å².